The number of amidine groups is 1. The van der Waals surface area contributed by atoms with E-state index in [1.807, 2.05) is 11.9 Å². The van der Waals surface area contributed by atoms with E-state index in [4.69, 9.17) is 0 Å². The summed E-state index contributed by atoms with van der Waals surface area (Å²) >= 11 is 0. The number of hydrogen-bond acceptors (Lipinski definition) is 6. The average molecular weight is 518 g/mol. The molecule has 0 spiro atoms. The van der Waals surface area contributed by atoms with Crippen molar-refractivity contribution in [2.24, 2.45) is 12.1 Å². The highest BCUT2D eigenvalue weighted by Gasteiger charge is 2.40. The molecule has 0 radical (unpaired) electrons. The van der Waals surface area contributed by atoms with Gasteiger partial charge < -0.3 is 14.5 Å². The van der Waals surface area contributed by atoms with Crippen LogP contribution in [0.4, 0.5) is 24.5 Å². The number of amides is 1. The van der Waals surface area contributed by atoms with E-state index in [9.17, 15) is 22.2 Å². The highest BCUT2D eigenvalue weighted by molar-refractivity contribution is 7.85. The van der Waals surface area contributed by atoms with Crippen molar-refractivity contribution in [1.82, 2.24) is 20.1 Å². The Bertz CT molecular complexity index is 1430. The van der Waals surface area contributed by atoms with Gasteiger partial charge in [-0.3, -0.25) is 14.9 Å². The molecule has 9 nitrogen and oxygen atoms in total. The molecule has 1 amide bonds. The third-order valence-corrected chi connectivity index (χ3v) is 6.59. The van der Waals surface area contributed by atoms with Crippen molar-refractivity contribution in [1.29, 1.82) is 0 Å². The van der Waals surface area contributed by atoms with E-state index in [2.05, 4.69) is 20.3 Å². The van der Waals surface area contributed by atoms with E-state index in [0.29, 0.717) is 35.1 Å². The maximum Gasteiger partial charge on any atom is 0.416 e. The normalized spacial score (nSPS) is 16.2. The third-order valence-electron chi connectivity index (χ3n) is 6.07. The molecule has 36 heavy (non-hydrogen) atoms. The van der Waals surface area contributed by atoms with Gasteiger partial charge in [-0.1, -0.05) is 6.07 Å². The summed E-state index contributed by atoms with van der Waals surface area (Å²) in [4.78, 5) is 16.4. The number of hydrazone groups is 1. The number of nitrogens with zero attached hydrogens (tertiary/aromatic N) is 5. The first-order chi connectivity index (χ1) is 17.0. The minimum absolute atomic E-state index is 0.0121. The minimum Gasteiger partial charge on any atom is -0.339 e. The van der Waals surface area contributed by atoms with Crippen LogP contribution in [-0.2, 0) is 30.8 Å². The number of carbonyl (C=O) groups excluding carboxylic acids is 1. The highest BCUT2D eigenvalue weighted by Crippen LogP contribution is 2.40. The first-order valence-electron chi connectivity index (χ1n) is 10.8. The molecular formula is C23H22F3N7O2S. The van der Waals surface area contributed by atoms with Crippen LogP contribution in [0.5, 0.6) is 0 Å². The second-order valence-electron chi connectivity index (χ2n) is 8.53. The number of hydrogen-bond donors (Lipinski definition) is 2. The van der Waals surface area contributed by atoms with Crippen LogP contribution in [0.25, 0.3) is 11.3 Å². The molecule has 0 bridgehead atoms. The van der Waals surface area contributed by atoms with Crippen molar-refractivity contribution >= 4 is 34.1 Å². The van der Waals surface area contributed by atoms with E-state index in [1.165, 1.54) is 23.3 Å². The molecule has 1 unspecified atom stereocenters. The Morgan fingerprint density at radius 3 is 2.58 bits per heavy atom. The summed E-state index contributed by atoms with van der Waals surface area (Å²) < 4.78 is 57.3. The van der Waals surface area contributed by atoms with Crippen LogP contribution in [-0.4, -0.2) is 50.6 Å². The first-order valence-corrected chi connectivity index (χ1v) is 12.4. The van der Waals surface area contributed by atoms with Crippen molar-refractivity contribution in [3.63, 3.8) is 0 Å². The second-order valence-corrected chi connectivity index (χ2v) is 9.64. The molecule has 5 rings (SSSR count). The molecular weight excluding hydrogens is 495 g/mol. The molecule has 0 saturated heterocycles. The zero-order valence-corrected chi connectivity index (χ0v) is 20.4. The van der Waals surface area contributed by atoms with Gasteiger partial charge >= 0.3 is 6.18 Å². The molecule has 2 aromatic carbocycles. The summed E-state index contributed by atoms with van der Waals surface area (Å²) in [6, 6.07) is 8.68. The van der Waals surface area contributed by atoms with E-state index in [1.54, 1.807) is 36.1 Å². The number of fused-ring (bicyclic) bond motifs is 1. The molecule has 2 N–H and O–H groups in total. The van der Waals surface area contributed by atoms with Crippen molar-refractivity contribution in [3.05, 3.63) is 64.8 Å². The molecule has 0 aliphatic carbocycles. The molecule has 188 valence electrons. The Balaban J connectivity index is 1.63. The fourth-order valence-corrected chi connectivity index (χ4v) is 4.97. The number of alkyl halides is 3. The van der Waals surface area contributed by atoms with Gasteiger partial charge in [-0.2, -0.15) is 23.4 Å². The number of halogens is 3. The molecule has 3 aromatic rings. The summed E-state index contributed by atoms with van der Waals surface area (Å²) in [5, 5.41) is 8.70. The molecule has 13 heteroatoms. The summed E-state index contributed by atoms with van der Waals surface area (Å²) in [6.07, 6.45) is -1.45. The number of rotatable bonds is 5. The monoisotopic (exact) mass is 517 g/mol. The third kappa shape index (κ3) is 4.08. The zero-order valence-electron chi connectivity index (χ0n) is 19.6. The lowest BCUT2D eigenvalue weighted by Gasteiger charge is -2.20. The van der Waals surface area contributed by atoms with Crippen LogP contribution in [0.3, 0.4) is 0 Å². The quantitative estimate of drug-likeness (QED) is 0.543. The van der Waals surface area contributed by atoms with Crippen molar-refractivity contribution in [2.45, 2.75) is 12.7 Å². The zero-order chi connectivity index (χ0) is 25.8. The molecule has 2 aliphatic heterocycles. The molecule has 1 aromatic heterocycles. The summed E-state index contributed by atoms with van der Waals surface area (Å²) in [5.41, 5.74) is 4.86. The van der Waals surface area contributed by atoms with Crippen molar-refractivity contribution in [3.8, 4) is 11.3 Å². The summed E-state index contributed by atoms with van der Waals surface area (Å²) in [6.45, 7) is 0.285. The lowest BCUT2D eigenvalue weighted by Crippen LogP contribution is -2.25. The maximum absolute atomic E-state index is 13.6. The molecule has 0 saturated carbocycles. The largest absolute Gasteiger partial charge is 0.416 e. The van der Waals surface area contributed by atoms with Crippen LogP contribution >= 0.6 is 0 Å². The van der Waals surface area contributed by atoms with Gasteiger partial charge in [0, 0.05) is 42.9 Å². The van der Waals surface area contributed by atoms with Crippen LogP contribution in [0.15, 0.2) is 47.7 Å². The number of anilines is 2. The molecule has 0 fully saturated rings. The Kier molecular flexibility index (Phi) is 5.74. The average Bonchev–Trinajstić information content (AvgIpc) is 3.49. The Morgan fingerprint density at radius 2 is 1.92 bits per heavy atom. The van der Waals surface area contributed by atoms with Gasteiger partial charge in [-0.25, -0.2) is 4.21 Å². The van der Waals surface area contributed by atoms with Gasteiger partial charge in [0.25, 0.3) is 5.91 Å². The fraction of sp³-hybridized carbons (Fsp3) is 0.261. The first kappa shape index (κ1) is 23.9. The lowest BCUT2D eigenvalue weighted by atomic mass is 10.0. The summed E-state index contributed by atoms with van der Waals surface area (Å²) in [7, 11) is 2.20. The van der Waals surface area contributed by atoms with Gasteiger partial charge in [0.15, 0.2) is 5.84 Å². The van der Waals surface area contributed by atoms with Gasteiger partial charge in [0.1, 0.15) is 17.7 Å². The Hall–Kier alpha value is -3.87. The topological polar surface area (TPSA) is 94.9 Å². The fourth-order valence-electron chi connectivity index (χ4n) is 4.52. The second kappa shape index (κ2) is 8.66. The van der Waals surface area contributed by atoms with E-state index < -0.39 is 28.6 Å². The van der Waals surface area contributed by atoms with Crippen LogP contribution in [0, 0.1) is 0 Å². The van der Waals surface area contributed by atoms with Crippen LogP contribution in [0.2, 0.25) is 0 Å². The maximum atomic E-state index is 13.6. The van der Waals surface area contributed by atoms with E-state index >= 15 is 0 Å². The number of aromatic nitrogens is 2. The predicted octanol–water partition coefficient (Wildman–Crippen LogP) is 3.13. The Labute approximate surface area is 207 Å². The van der Waals surface area contributed by atoms with E-state index in [-0.39, 0.29) is 17.7 Å². The van der Waals surface area contributed by atoms with Crippen LogP contribution in [0.1, 0.15) is 27.0 Å². The molecule has 2 aliphatic rings. The lowest BCUT2D eigenvalue weighted by molar-refractivity contribution is -0.138. The highest BCUT2D eigenvalue weighted by atomic mass is 32.2. The van der Waals surface area contributed by atoms with Gasteiger partial charge in [0.2, 0.25) is 0 Å². The standard InChI is InChI=1S/C23H22F3N7O2S/c1-31-12-27-29-21(31)17-10-28-32(2)20(17)13-7-14(30-36(3)35)9-15(8-13)33-11-18-16(22(33)34)5-4-6-19(18)23(24,25)26/h4-10,27,30H,11-12H2,1-3H3. The minimum atomic E-state index is -4.58. The number of nitrogens with one attached hydrogen (secondary N) is 2. The smallest absolute Gasteiger partial charge is 0.339 e. The van der Waals surface area contributed by atoms with Gasteiger partial charge in [0.05, 0.1) is 29.6 Å². The molecule has 1 atom stereocenters. The Morgan fingerprint density at radius 1 is 1.14 bits per heavy atom. The number of benzene rings is 2. The van der Waals surface area contributed by atoms with Crippen LogP contribution < -0.4 is 15.0 Å². The number of aryl methyl sites for hydroxylation is 1. The predicted molar refractivity (Wildman–Crippen MR) is 131 cm³/mol. The van der Waals surface area contributed by atoms with Crippen molar-refractivity contribution < 1.29 is 22.2 Å². The van der Waals surface area contributed by atoms with Crippen molar-refractivity contribution in [2.75, 3.05) is 29.6 Å². The molecule has 3 heterocycles. The number of carbonyl (C=O) groups is 1. The van der Waals surface area contributed by atoms with Gasteiger partial charge in [-0.15, -0.1) is 0 Å². The SMILES string of the molecule is CN1CNN=C1c1cnn(C)c1-c1cc(NS(C)=O)cc(N2Cc3c(cccc3C(F)(F)F)C2=O)c1. The summed E-state index contributed by atoms with van der Waals surface area (Å²) in [5.74, 6) is 0.128. The van der Waals surface area contributed by atoms with Gasteiger partial charge in [-0.05, 0) is 35.9 Å². The van der Waals surface area contributed by atoms with E-state index in [0.717, 1.165) is 11.6 Å².